The van der Waals surface area contributed by atoms with Crippen LogP contribution in [0.1, 0.15) is 11.1 Å². The smallest absolute Gasteiger partial charge is 0.224 e. The van der Waals surface area contributed by atoms with E-state index in [4.69, 9.17) is 14.6 Å². The van der Waals surface area contributed by atoms with Crippen LogP contribution in [0.15, 0.2) is 79.3 Å². The summed E-state index contributed by atoms with van der Waals surface area (Å²) < 4.78 is 13.0. The van der Waals surface area contributed by atoms with Crippen molar-refractivity contribution >= 4 is 5.91 Å². The Morgan fingerprint density at radius 1 is 0.969 bits per heavy atom. The number of pyridine rings is 1. The molecular weight excluding hydrogens is 404 g/mol. The second kappa shape index (κ2) is 8.93. The van der Waals surface area contributed by atoms with Gasteiger partial charge in [-0.2, -0.15) is 5.10 Å². The predicted molar refractivity (Wildman–Crippen MR) is 120 cm³/mol. The molecule has 0 radical (unpaired) electrons. The summed E-state index contributed by atoms with van der Waals surface area (Å²) in [6.07, 6.45) is 5.69. The van der Waals surface area contributed by atoms with Crippen LogP contribution in [0.3, 0.4) is 0 Å². The van der Waals surface area contributed by atoms with Crippen molar-refractivity contribution in [1.82, 2.24) is 20.1 Å². The number of nitrogens with zero attached hydrogens (tertiary/aromatic N) is 3. The molecule has 0 bridgehead atoms. The number of rotatable bonds is 6. The normalized spacial score (nSPS) is 12.4. The first-order chi connectivity index (χ1) is 15.8. The Morgan fingerprint density at radius 2 is 1.75 bits per heavy atom. The second-order valence-corrected chi connectivity index (χ2v) is 7.45. The van der Waals surface area contributed by atoms with Gasteiger partial charge >= 0.3 is 0 Å². The molecule has 5 rings (SSSR count). The Kier molecular flexibility index (Phi) is 5.53. The summed E-state index contributed by atoms with van der Waals surface area (Å²) in [5, 5.41) is 7.79. The molecule has 1 aliphatic rings. The lowest BCUT2D eigenvalue weighted by molar-refractivity contribution is -0.120. The number of hydrogen-bond acceptors (Lipinski definition) is 5. The molecule has 3 heterocycles. The summed E-state index contributed by atoms with van der Waals surface area (Å²) in [6.45, 7) is 1.43. The number of carbonyl (C=O) groups is 1. The van der Waals surface area contributed by atoms with E-state index in [9.17, 15) is 4.79 Å². The van der Waals surface area contributed by atoms with Gasteiger partial charge in [-0.15, -0.1) is 0 Å². The topological polar surface area (TPSA) is 78.3 Å². The minimum atomic E-state index is -0.0742. The van der Waals surface area contributed by atoms with Crippen LogP contribution in [0.25, 0.3) is 16.9 Å². The number of aromatic nitrogens is 3. The Bertz CT molecular complexity index is 1220. The van der Waals surface area contributed by atoms with Crippen molar-refractivity contribution in [2.24, 2.45) is 0 Å². The minimum absolute atomic E-state index is 0.0742. The number of ether oxygens (including phenoxy) is 2. The van der Waals surface area contributed by atoms with Gasteiger partial charge in [0.1, 0.15) is 13.2 Å². The van der Waals surface area contributed by atoms with Crippen LogP contribution in [-0.2, 0) is 17.8 Å². The minimum Gasteiger partial charge on any atom is -0.486 e. The van der Waals surface area contributed by atoms with Gasteiger partial charge in [-0.25, -0.2) is 4.68 Å². The molecular formula is C25H22N4O3. The van der Waals surface area contributed by atoms with Crippen molar-refractivity contribution in [1.29, 1.82) is 0 Å². The van der Waals surface area contributed by atoms with Crippen LogP contribution < -0.4 is 14.8 Å². The van der Waals surface area contributed by atoms with Gasteiger partial charge in [0.2, 0.25) is 5.91 Å². The number of hydrogen-bond donors (Lipinski definition) is 1. The first-order valence-electron chi connectivity index (χ1n) is 10.5. The fourth-order valence-corrected chi connectivity index (χ4v) is 3.64. The quantitative estimate of drug-likeness (QED) is 0.510. The highest BCUT2D eigenvalue weighted by molar-refractivity contribution is 5.79. The third-order valence-electron chi connectivity index (χ3n) is 5.21. The maximum atomic E-state index is 12.7. The summed E-state index contributed by atoms with van der Waals surface area (Å²) in [5.41, 5.74) is 4.52. The number of para-hydroxylation sites is 1. The van der Waals surface area contributed by atoms with Crippen molar-refractivity contribution < 1.29 is 14.3 Å². The van der Waals surface area contributed by atoms with Crippen molar-refractivity contribution in [3.8, 4) is 28.4 Å². The predicted octanol–water partition coefficient (Wildman–Crippen LogP) is 3.56. The maximum absolute atomic E-state index is 12.7. The Labute approximate surface area is 185 Å². The molecule has 0 unspecified atom stereocenters. The average Bonchev–Trinajstić information content (AvgIpc) is 3.28. The molecule has 7 heteroatoms. The first-order valence-corrected chi connectivity index (χ1v) is 10.5. The Balaban J connectivity index is 1.33. The molecule has 0 saturated carbocycles. The molecule has 0 aliphatic carbocycles. The highest BCUT2D eigenvalue weighted by Gasteiger charge is 2.15. The SMILES string of the molecule is O=C(Cc1ccc2c(c1)OCCO2)NCc1cn(-c2ccccc2)nc1-c1ccncc1. The number of fused-ring (bicyclic) bond motifs is 1. The lowest BCUT2D eigenvalue weighted by atomic mass is 10.1. The summed E-state index contributed by atoms with van der Waals surface area (Å²) in [6, 6.07) is 19.3. The third kappa shape index (κ3) is 4.32. The number of benzene rings is 2. The van der Waals surface area contributed by atoms with Crippen molar-refractivity contribution in [3.63, 3.8) is 0 Å². The van der Waals surface area contributed by atoms with Gasteiger partial charge in [0.15, 0.2) is 11.5 Å². The maximum Gasteiger partial charge on any atom is 0.224 e. The third-order valence-corrected chi connectivity index (χ3v) is 5.21. The largest absolute Gasteiger partial charge is 0.486 e. The molecule has 1 aliphatic heterocycles. The molecule has 0 fully saturated rings. The zero-order valence-electron chi connectivity index (χ0n) is 17.4. The van der Waals surface area contributed by atoms with Gasteiger partial charge in [-0.05, 0) is 42.0 Å². The van der Waals surface area contributed by atoms with Crippen LogP contribution in [0, 0.1) is 0 Å². The van der Waals surface area contributed by atoms with Crippen molar-refractivity contribution in [2.75, 3.05) is 13.2 Å². The zero-order valence-corrected chi connectivity index (χ0v) is 17.4. The second-order valence-electron chi connectivity index (χ2n) is 7.45. The number of carbonyl (C=O) groups excluding carboxylic acids is 1. The number of amides is 1. The van der Waals surface area contributed by atoms with E-state index in [1.807, 2.05) is 71.5 Å². The van der Waals surface area contributed by atoms with Crippen LogP contribution in [0.5, 0.6) is 11.5 Å². The molecule has 32 heavy (non-hydrogen) atoms. The number of nitrogens with one attached hydrogen (secondary N) is 1. The van der Waals surface area contributed by atoms with Gasteiger partial charge < -0.3 is 14.8 Å². The van der Waals surface area contributed by atoms with E-state index in [2.05, 4.69) is 10.3 Å². The van der Waals surface area contributed by atoms with Crippen molar-refractivity contribution in [3.05, 3.63) is 90.4 Å². The Hall–Kier alpha value is -4.13. The van der Waals surface area contributed by atoms with Gasteiger partial charge in [-0.1, -0.05) is 24.3 Å². The first kappa shape index (κ1) is 19.8. The monoisotopic (exact) mass is 426 g/mol. The van der Waals surface area contributed by atoms with E-state index in [1.54, 1.807) is 12.4 Å². The van der Waals surface area contributed by atoms with E-state index in [0.29, 0.717) is 25.5 Å². The van der Waals surface area contributed by atoms with Crippen molar-refractivity contribution in [2.45, 2.75) is 13.0 Å². The summed E-state index contributed by atoms with van der Waals surface area (Å²) in [5.74, 6) is 1.33. The summed E-state index contributed by atoms with van der Waals surface area (Å²) >= 11 is 0. The van der Waals surface area contributed by atoms with Gasteiger partial charge in [0.25, 0.3) is 0 Å². The highest BCUT2D eigenvalue weighted by Crippen LogP contribution is 2.31. The standard InChI is InChI=1S/C25H22N4O3/c30-24(15-18-6-7-22-23(14-18)32-13-12-31-22)27-16-20-17-29(21-4-2-1-3-5-21)28-25(20)19-8-10-26-11-9-19/h1-11,14,17H,12-13,15-16H2,(H,27,30). The molecule has 7 nitrogen and oxygen atoms in total. The van der Waals surface area contributed by atoms with Crippen LogP contribution in [0.4, 0.5) is 0 Å². The molecule has 0 atom stereocenters. The Morgan fingerprint density at radius 3 is 2.56 bits per heavy atom. The lowest BCUT2D eigenvalue weighted by Crippen LogP contribution is -2.24. The van der Waals surface area contributed by atoms with E-state index in [-0.39, 0.29) is 12.3 Å². The molecule has 0 spiro atoms. The van der Waals surface area contributed by atoms with Gasteiger partial charge in [-0.3, -0.25) is 9.78 Å². The van der Waals surface area contributed by atoms with Gasteiger partial charge in [0, 0.05) is 36.3 Å². The summed E-state index contributed by atoms with van der Waals surface area (Å²) in [4.78, 5) is 16.8. The lowest BCUT2D eigenvalue weighted by Gasteiger charge is -2.18. The van der Waals surface area contributed by atoms with Crippen LogP contribution in [-0.4, -0.2) is 33.9 Å². The molecule has 4 aromatic rings. The fraction of sp³-hybridized carbons (Fsp3) is 0.160. The van der Waals surface area contributed by atoms with E-state index < -0.39 is 0 Å². The fourth-order valence-electron chi connectivity index (χ4n) is 3.64. The molecule has 0 saturated heterocycles. The summed E-state index contributed by atoms with van der Waals surface area (Å²) in [7, 11) is 0. The van der Waals surface area contributed by atoms with E-state index >= 15 is 0 Å². The zero-order chi connectivity index (χ0) is 21.8. The molecule has 2 aromatic heterocycles. The van der Waals surface area contributed by atoms with Crippen LogP contribution >= 0.6 is 0 Å². The molecule has 1 N–H and O–H groups in total. The average molecular weight is 426 g/mol. The van der Waals surface area contributed by atoms with E-state index in [1.165, 1.54) is 0 Å². The highest BCUT2D eigenvalue weighted by atomic mass is 16.6. The van der Waals surface area contributed by atoms with Gasteiger partial charge in [0.05, 0.1) is 17.8 Å². The van der Waals surface area contributed by atoms with E-state index in [0.717, 1.165) is 33.8 Å². The molecule has 160 valence electrons. The molecule has 2 aromatic carbocycles. The van der Waals surface area contributed by atoms with Crippen LogP contribution in [0.2, 0.25) is 0 Å². The molecule has 1 amide bonds.